The number of ether oxygens (including phenoxy) is 3. The molecule has 0 saturated carbocycles. The molecule has 2 heterocycles. The number of hydrogen-bond donors (Lipinski definition) is 2. The van der Waals surface area contributed by atoms with Gasteiger partial charge in [-0.15, -0.1) is 0 Å². The van der Waals surface area contributed by atoms with Gasteiger partial charge in [-0.2, -0.15) is 9.78 Å². The maximum Gasteiger partial charge on any atom is 0.257 e. The molecule has 1 amide bonds. The van der Waals surface area contributed by atoms with Gasteiger partial charge in [0, 0.05) is 13.7 Å². The lowest BCUT2D eigenvalue weighted by molar-refractivity contribution is 0.0939. The number of nitrogens with zero attached hydrogens (tertiary/aromatic N) is 4. The quantitative estimate of drug-likeness (QED) is 0.313. The van der Waals surface area contributed by atoms with Crippen molar-refractivity contribution in [2.75, 3.05) is 40.2 Å². The van der Waals surface area contributed by atoms with Gasteiger partial charge in [0.15, 0.2) is 17.1 Å². The van der Waals surface area contributed by atoms with E-state index in [-0.39, 0.29) is 17.3 Å². The molecule has 0 fully saturated rings. The summed E-state index contributed by atoms with van der Waals surface area (Å²) in [5.41, 5.74) is 9.39. The third-order valence-corrected chi connectivity index (χ3v) is 5.02. The lowest BCUT2D eigenvalue weighted by Gasteiger charge is -2.07. The first-order chi connectivity index (χ1) is 16.1. The van der Waals surface area contributed by atoms with E-state index in [4.69, 9.17) is 19.9 Å². The second-order valence-electron chi connectivity index (χ2n) is 7.06. The number of methoxy groups -OCH3 is 3. The molecule has 4 aromatic rings. The molecule has 0 aliphatic heterocycles. The van der Waals surface area contributed by atoms with E-state index in [1.807, 2.05) is 30.3 Å². The number of nitrogens with two attached hydrogens (primary N) is 1. The largest absolute Gasteiger partial charge is 0.493 e. The van der Waals surface area contributed by atoms with Gasteiger partial charge in [0.25, 0.3) is 5.91 Å². The molecule has 0 bridgehead atoms. The maximum atomic E-state index is 12.9. The number of aromatic nitrogens is 3. The van der Waals surface area contributed by atoms with E-state index in [0.29, 0.717) is 46.8 Å². The number of amides is 1. The average molecular weight is 448 g/mol. The molecule has 3 N–H and O–H groups in total. The molecule has 0 atom stereocenters. The Bertz CT molecular complexity index is 1350. The molecule has 170 valence electrons. The Morgan fingerprint density at radius 1 is 1.09 bits per heavy atom. The highest BCUT2D eigenvalue weighted by molar-refractivity contribution is 6.10. The van der Waals surface area contributed by atoms with Crippen molar-refractivity contribution < 1.29 is 19.0 Å². The molecule has 0 saturated heterocycles. The Balaban J connectivity index is 1.83. The molecule has 0 aliphatic carbocycles. The van der Waals surface area contributed by atoms with Crippen molar-refractivity contribution in [1.29, 1.82) is 0 Å². The second-order valence-corrected chi connectivity index (χ2v) is 7.06. The van der Waals surface area contributed by atoms with Crippen molar-refractivity contribution in [2.24, 2.45) is 5.10 Å². The topological polar surface area (TPSA) is 126 Å². The van der Waals surface area contributed by atoms with Crippen molar-refractivity contribution in [2.45, 2.75) is 0 Å². The monoisotopic (exact) mass is 448 g/mol. The highest BCUT2D eigenvalue weighted by Gasteiger charge is 2.23. The number of carbonyl (C=O) groups excluding carboxylic acids is 1. The van der Waals surface area contributed by atoms with Crippen LogP contribution in [0.15, 0.2) is 47.6 Å². The summed E-state index contributed by atoms with van der Waals surface area (Å²) in [6.07, 6.45) is 1.60. The van der Waals surface area contributed by atoms with Crippen molar-refractivity contribution in [3.63, 3.8) is 0 Å². The second kappa shape index (κ2) is 9.53. The van der Waals surface area contributed by atoms with Crippen LogP contribution < -0.4 is 20.5 Å². The van der Waals surface area contributed by atoms with Crippen LogP contribution in [0.1, 0.15) is 15.9 Å². The van der Waals surface area contributed by atoms with Crippen LogP contribution in [0.5, 0.6) is 11.5 Å². The van der Waals surface area contributed by atoms with Crippen LogP contribution in [0, 0.1) is 0 Å². The summed E-state index contributed by atoms with van der Waals surface area (Å²) in [5, 5.41) is 7.29. The fourth-order valence-corrected chi connectivity index (χ4v) is 3.40. The summed E-state index contributed by atoms with van der Waals surface area (Å²) in [6, 6.07) is 12.8. The van der Waals surface area contributed by atoms with E-state index in [0.717, 1.165) is 5.56 Å². The Morgan fingerprint density at radius 2 is 1.82 bits per heavy atom. The maximum absolute atomic E-state index is 12.9. The molecule has 0 aliphatic rings. The van der Waals surface area contributed by atoms with Crippen LogP contribution in [-0.4, -0.2) is 61.2 Å². The zero-order chi connectivity index (χ0) is 23.4. The molecule has 10 nitrogen and oxygen atoms in total. The SMILES string of the molecule is COCCNC(=O)c1c(N)n(/N=C\c2ccc(OC)c(OC)c2)c2nc3ccccc3nc12. The smallest absolute Gasteiger partial charge is 0.257 e. The van der Waals surface area contributed by atoms with Gasteiger partial charge in [-0.1, -0.05) is 12.1 Å². The number of rotatable bonds is 8. The predicted octanol–water partition coefficient (Wildman–Crippen LogP) is 2.44. The number of hydrogen-bond acceptors (Lipinski definition) is 8. The van der Waals surface area contributed by atoms with Crippen molar-refractivity contribution in [3.05, 3.63) is 53.6 Å². The normalized spacial score (nSPS) is 11.4. The molecular formula is C23H24N6O4. The predicted molar refractivity (Wildman–Crippen MR) is 126 cm³/mol. The van der Waals surface area contributed by atoms with Crippen LogP contribution in [-0.2, 0) is 4.74 Å². The standard InChI is InChI=1S/C23H24N6O4/c1-31-11-10-25-23(30)19-20-22(28-16-7-5-4-6-15(16)27-20)29(21(19)24)26-13-14-8-9-17(32-2)18(12-14)33-3/h4-9,12-13H,10-11,24H2,1-3H3,(H,25,30)/b26-13-. The molecule has 0 unspecified atom stereocenters. The lowest BCUT2D eigenvalue weighted by atomic mass is 10.2. The van der Waals surface area contributed by atoms with Gasteiger partial charge in [0.05, 0.1) is 38.1 Å². The Labute approximate surface area is 190 Å². The zero-order valence-corrected chi connectivity index (χ0v) is 18.5. The number of fused-ring (bicyclic) bond motifs is 2. The van der Waals surface area contributed by atoms with Crippen molar-refractivity contribution in [1.82, 2.24) is 20.0 Å². The minimum Gasteiger partial charge on any atom is -0.493 e. The highest BCUT2D eigenvalue weighted by atomic mass is 16.5. The molecular weight excluding hydrogens is 424 g/mol. The summed E-state index contributed by atoms with van der Waals surface area (Å²) < 4.78 is 17.0. The van der Waals surface area contributed by atoms with Crippen molar-refractivity contribution in [3.8, 4) is 11.5 Å². The van der Waals surface area contributed by atoms with Crippen LogP contribution in [0.25, 0.3) is 22.2 Å². The Hall–Kier alpha value is -4.18. The number of benzene rings is 2. The van der Waals surface area contributed by atoms with Crippen LogP contribution in [0.2, 0.25) is 0 Å². The minimum atomic E-state index is -0.376. The highest BCUT2D eigenvalue weighted by Crippen LogP contribution is 2.29. The van der Waals surface area contributed by atoms with Crippen LogP contribution >= 0.6 is 0 Å². The van der Waals surface area contributed by atoms with Crippen LogP contribution in [0.3, 0.4) is 0 Å². The van der Waals surface area contributed by atoms with Crippen LogP contribution in [0.4, 0.5) is 5.82 Å². The minimum absolute atomic E-state index is 0.131. The number of anilines is 1. The van der Waals surface area contributed by atoms with Gasteiger partial charge >= 0.3 is 0 Å². The van der Waals surface area contributed by atoms with Gasteiger partial charge in [-0.05, 0) is 35.9 Å². The summed E-state index contributed by atoms with van der Waals surface area (Å²) in [6.45, 7) is 0.702. The zero-order valence-electron chi connectivity index (χ0n) is 18.5. The van der Waals surface area contributed by atoms with E-state index in [1.165, 1.54) is 4.68 Å². The number of nitrogens with one attached hydrogen (secondary N) is 1. The molecule has 2 aromatic carbocycles. The van der Waals surface area contributed by atoms with Gasteiger partial charge in [-0.25, -0.2) is 9.97 Å². The molecule has 2 aromatic heterocycles. The third-order valence-electron chi connectivity index (χ3n) is 5.02. The van der Waals surface area contributed by atoms with E-state index < -0.39 is 0 Å². The summed E-state index contributed by atoms with van der Waals surface area (Å²) in [7, 11) is 4.69. The van der Waals surface area contributed by atoms with E-state index in [1.54, 1.807) is 39.7 Å². The first kappa shape index (κ1) is 22.0. The average Bonchev–Trinajstić information content (AvgIpc) is 3.11. The third kappa shape index (κ3) is 4.28. The van der Waals surface area contributed by atoms with Gasteiger partial charge in [0.1, 0.15) is 16.9 Å². The Morgan fingerprint density at radius 3 is 2.52 bits per heavy atom. The number of carbonyl (C=O) groups is 1. The van der Waals surface area contributed by atoms with E-state index in [2.05, 4.69) is 20.4 Å². The number of para-hydroxylation sites is 2. The number of nitrogen functional groups attached to an aromatic ring is 1. The van der Waals surface area contributed by atoms with E-state index in [9.17, 15) is 4.79 Å². The molecule has 0 spiro atoms. The van der Waals surface area contributed by atoms with Crippen molar-refractivity contribution >= 4 is 40.1 Å². The fraction of sp³-hybridized carbons (Fsp3) is 0.217. The molecule has 4 rings (SSSR count). The molecule has 10 heteroatoms. The Kier molecular flexibility index (Phi) is 6.36. The first-order valence-electron chi connectivity index (χ1n) is 10.2. The summed E-state index contributed by atoms with van der Waals surface area (Å²) in [4.78, 5) is 22.2. The van der Waals surface area contributed by atoms with Gasteiger partial charge < -0.3 is 25.3 Å². The molecule has 33 heavy (non-hydrogen) atoms. The molecule has 0 radical (unpaired) electrons. The first-order valence-corrected chi connectivity index (χ1v) is 10.2. The summed E-state index contributed by atoms with van der Waals surface area (Å²) in [5.74, 6) is 0.926. The van der Waals surface area contributed by atoms with Gasteiger partial charge in [0.2, 0.25) is 0 Å². The van der Waals surface area contributed by atoms with Gasteiger partial charge in [-0.3, -0.25) is 4.79 Å². The lowest BCUT2D eigenvalue weighted by Crippen LogP contribution is -2.27. The fourth-order valence-electron chi connectivity index (χ4n) is 3.40. The van der Waals surface area contributed by atoms with E-state index >= 15 is 0 Å². The summed E-state index contributed by atoms with van der Waals surface area (Å²) >= 11 is 0.